The largest absolute Gasteiger partial charge is 0.417 e. The lowest BCUT2D eigenvalue weighted by molar-refractivity contribution is -0.137. The Kier molecular flexibility index (Phi) is 5.56. The van der Waals surface area contributed by atoms with E-state index in [1.807, 2.05) is 29.7 Å². The summed E-state index contributed by atoms with van der Waals surface area (Å²) in [4.78, 5) is 4.94. The van der Waals surface area contributed by atoms with Gasteiger partial charge >= 0.3 is 6.18 Å². The fourth-order valence-electron chi connectivity index (χ4n) is 3.61. The van der Waals surface area contributed by atoms with Crippen LogP contribution in [-0.2, 0) is 17.3 Å². The number of nitrogens with zero attached hydrogens (tertiary/aromatic N) is 2. The van der Waals surface area contributed by atoms with E-state index in [2.05, 4.69) is 10.3 Å². The first-order chi connectivity index (χ1) is 13.9. The maximum absolute atomic E-state index is 13.8. The molecule has 1 aliphatic rings. The number of aromatic nitrogens is 2. The first-order valence-corrected chi connectivity index (χ1v) is 10.1. The average Bonchev–Trinajstić information content (AvgIpc) is 3.04. The van der Waals surface area contributed by atoms with Crippen molar-refractivity contribution < 1.29 is 17.9 Å². The van der Waals surface area contributed by atoms with Gasteiger partial charge in [0.05, 0.1) is 29.7 Å². The highest BCUT2D eigenvalue weighted by Gasteiger charge is 2.35. The number of imidazole rings is 1. The molecule has 1 aromatic carbocycles. The molecule has 1 saturated heterocycles. The molecular formula is C20H21F3N4OS. The van der Waals surface area contributed by atoms with Gasteiger partial charge in [0, 0.05) is 36.2 Å². The van der Waals surface area contributed by atoms with Crippen molar-refractivity contribution in [2.24, 2.45) is 5.14 Å². The number of nitrogens with one attached hydrogen (secondary N) is 1. The molecule has 0 aliphatic carbocycles. The van der Waals surface area contributed by atoms with E-state index in [0.717, 1.165) is 30.1 Å². The highest BCUT2D eigenvalue weighted by atomic mass is 32.2. The van der Waals surface area contributed by atoms with Crippen molar-refractivity contribution in [1.29, 1.82) is 0 Å². The van der Waals surface area contributed by atoms with Gasteiger partial charge in [0.1, 0.15) is 5.65 Å². The molecule has 1 fully saturated rings. The van der Waals surface area contributed by atoms with Gasteiger partial charge in [-0.2, -0.15) is 13.2 Å². The van der Waals surface area contributed by atoms with Crippen LogP contribution in [0, 0.1) is 6.92 Å². The molecule has 0 radical (unpaired) electrons. The number of pyridine rings is 1. The van der Waals surface area contributed by atoms with Crippen molar-refractivity contribution in [1.82, 2.24) is 14.7 Å². The fraction of sp³-hybridized carbons (Fsp3) is 0.350. The molecular weight excluding hydrogens is 401 g/mol. The van der Waals surface area contributed by atoms with Gasteiger partial charge in [-0.3, -0.25) is 5.14 Å². The SMILES string of the molecule is Cc1ccn2c(CC3CNCCO3)c(-c3ccc(SN)cc3C(F)(F)F)nc2c1. The van der Waals surface area contributed by atoms with Gasteiger partial charge in [-0.1, -0.05) is 6.07 Å². The molecule has 29 heavy (non-hydrogen) atoms. The molecule has 9 heteroatoms. The van der Waals surface area contributed by atoms with Crippen LogP contribution in [0.4, 0.5) is 13.2 Å². The number of halogens is 3. The normalized spacial score (nSPS) is 17.8. The fourth-order valence-corrected chi connectivity index (χ4v) is 3.94. The number of nitrogens with two attached hydrogens (primary N) is 1. The third-order valence-corrected chi connectivity index (χ3v) is 5.52. The van der Waals surface area contributed by atoms with E-state index >= 15 is 0 Å². The van der Waals surface area contributed by atoms with Crippen LogP contribution < -0.4 is 10.5 Å². The van der Waals surface area contributed by atoms with E-state index in [-0.39, 0.29) is 11.7 Å². The smallest absolute Gasteiger partial charge is 0.375 e. The van der Waals surface area contributed by atoms with Gasteiger partial charge in [-0.15, -0.1) is 0 Å². The number of morpholine rings is 1. The molecule has 3 heterocycles. The maximum Gasteiger partial charge on any atom is 0.417 e. The number of hydrogen-bond donors (Lipinski definition) is 2. The maximum atomic E-state index is 13.8. The van der Waals surface area contributed by atoms with Gasteiger partial charge in [0.15, 0.2) is 0 Å². The van der Waals surface area contributed by atoms with Gasteiger partial charge in [0.25, 0.3) is 0 Å². The topological polar surface area (TPSA) is 64.6 Å². The van der Waals surface area contributed by atoms with Crippen molar-refractivity contribution in [3.05, 3.63) is 53.3 Å². The standard InChI is InChI=1S/C20H21F3N4OS/c1-12-4-6-27-17(9-13-11-25-5-7-28-13)19(26-18(27)8-12)15-3-2-14(29-24)10-16(15)20(21,22)23/h2-4,6,8,10,13,25H,5,7,9,11,24H2,1H3. The minimum absolute atomic E-state index is 0.0513. The number of alkyl halides is 3. The summed E-state index contributed by atoms with van der Waals surface area (Å²) in [5.74, 6) is 0. The van der Waals surface area contributed by atoms with Crippen LogP contribution >= 0.6 is 11.9 Å². The van der Waals surface area contributed by atoms with Crippen molar-refractivity contribution in [3.63, 3.8) is 0 Å². The molecule has 0 amide bonds. The van der Waals surface area contributed by atoms with Crippen LogP contribution in [0.15, 0.2) is 41.4 Å². The van der Waals surface area contributed by atoms with Gasteiger partial charge in [0.2, 0.25) is 0 Å². The molecule has 0 saturated carbocycles. The Morgan fingerprint density at radius 3 is 2.83 bits per heavy atom. The Hall–Kier alpha value is -2.07. The summed E-state index contributed by atoms with van der Waals surface area (Å²) < 4.78 is 49.2. The van der Waals surface area contributed by atoms with Crippen molar-refractivity contribution in [3.8, 4) is 11.3 Å². The van der Waals surface area contributed by atoms with E-state index in [9.17, 15) is 13.2 Å². The zero-order chi connectivity index (χ0) is 20.6. The predicted molar refractivity (Wildman–Crippen MR) is 107 cm³/mol. The number of aryl methyl sites for hydroxylation is 1. The molecule has 0 spiro atoms. The summed E-state index contributed by atoms with van der Waals surface area (Å²) in [5, 5.41) is 8.75. The number of rotatable bonds is 4. The molecule has 1 aliphatic heterocycles. The third-order valence-electron chi connectivity index (χ3n) is 4.99. The number of ether oxygens (including phenoxy) is 1. The van der Waals surface area contributed by atoms with E-state index in [1.54, 1.807) is 6.07 Å². The summed E-state index contributed by atoms with van der Waals surface area (Å²) >= 11 is 0.789. The van der Waals surface area contributed by atoms with Gasteiger partial charge < -0.3 is 14.5 Å². The minimum atomic E-state index is -4.52. The second kappa shape index (κ2) is 7.98. The predicted octanol–water partition coefficient (Wildman–Crippen LogP) is 3.83. The zero-order valence-corrected chi connectivity index (χ0v) is 16.6. The van der Waals surface area contributed by atoms with Crippen molar-refractivity contribution in [2.75, 3.05) is 19.7 Å². The van der Waals surface area contributed by atoms with Crippen LogP contribution in [0.1, 0.15) is 16.8 Å². The molecule has 3 aromatic rings. The lowest BCUT2D eigenvalue weighted by Gasteiger charge is -2.24. The minimum Gasteiger partial charge on any atom is -0.375 e. The second-order valence-corrected chi connectivity index (χ2v) is 7.77. The molecule has 3 N–H and O–H groups in total. The highest BCUT2D eigenvalue weighted by molar-refractivity contribution is 7.97. The number of hydrogen-bond acceptors (Lipinski definition) is 5. The van der Waals surface area contributed by atoms with Crippen molar-refractivity contribution in [2.45, 2.75) is 30.5 Å². The van der Waals surface area contributed by atoms with E-state index < -0.39 is 11.7 Å². The summed E-state index contributed by atoms with van der Waals surface area (Å²) in [7, 11) is 0. The van der Waals surface area contributed by atoms with E-state index in [0.29, 0.717) is 41.5 Å². The van der Waals surface area contributed by atoms with Crippen LogP contribution in [0.25, 0.3) is 16.9 Å². The summed E-state index contributed by atoms with van der Waals surface area (Å²) in [6.45, 7) is 3.92. The Labute approximate surface area is 170 Å². The van der Waals surface area contributed by atoms with Crippen LogP contribution in [0.2, 0.25) is 0 Å². The van der Waals surface area contributed by atoms with Gasteiger partial charge in [-0.05, 0) is 48.7 Å². The molecule has 1 unspecified atom stereocenters. The Bertz CT molecular complexity index is 1030. The zero-order valence-electron chi connectivity index (χ0n) is 15.8. The summed E-state index contributed by atoms with van der Waals surface area (Å²) in [6.07, 6.45) is -2.34. The Balaban J connectivity index is 1.90. The number of fused-ring (bicyclic) bond motifs is 1. The molecule has 154 valence electrons. The summed E-state index contributed by atoms with van der Waals surface area (Å²) in [6, 6.07) is 7.91. The first-order valence-electron chi connectivity index (χ1n) is 9.25. The van der Waals surface area contributed by atoms with E-state index in [4.69, 9.17) is 9.88 Å². The number of benzene rings is 1. The first kappa shape index (κ1) is 20.2. The monoisotopic (exact) mass is 422 g/mol. The lowest BCUT2D eigenvalue weighted by atomic mass is 10.00. The lowest BCUT2D eigenvalue weighted by Crippen LogP contribution is -2.39. The van der Waals surface area contributed by atoms with Gasteiger partial charge in [-0.25, -0.2) is 4.98 Å². The second-order valence-electron chi connectivity index (χ2n) is 7.06. The Morgan fingerprint density at radius 1 is 1.31 bits per heavy atom. The average molecular weight is 422 g/mol. The molecule has 0 bridgehead atoms. The molecule has 4 rings (SSSR count). The molecule has 1 atom stereocenters. The van der Waals surface area contributed by atoms with Crippen LogP contribution in [0.3, 0.4) is 0 Å². The highest BCUT2D eigenvalue weighted by Crippen LogP contribution is 2.40. The molecule has 5 nitrogen and oxygen atoms in total. The quantitative estimate of drug-likeness (QED) is 0.626. The van der Waals surface area contributed by atoms with E-state index in [1.165, 1.54) is 6.07 Å². The van der Waals surface area contributed by atoms with Crippen molar-refractivity contribution >= 4 is 17.6 Å². The van der Waals surface area contributed by atoms with Crippen LogP contribution in [-0.4, -0.2) is 35.2 Å². The Morgan fingerprint density at radius 2 is 2.14 bits per heavy atom. The van der Waals surface area contributed by atoms with Crippen LogP contribution in [0.5, 0.6) is 0 Å². The third kappa shape index (κ3) is 4.13. The summed E-state index contributed by atoms with van der Waals surface area (Å²) in [5.41, 5.74) is 1.94. The molecule has 2 aromatic heterocycles.